The van der Waals surface area contributed by atoms with Gasteiger partial charge in [0.05, 0.1) is 42.2 Å². The summed E-state index contributed by atoms with van der Waals surface area (Å²) in [5.41, 5.74) is 3.83. The first-order chi connectivity index (χ1) is 13.1. The van der Waals surface area contributed by atoms with E-state index >= 15 is 0 Å². The zero-order valence-electron chi connectivity index (χ0n) is 16.2. The number of ether oxygens (including phenoxy) is 1. The number of rotatable bonds is 4. The summed E-state index contributed by atoms with van der Waals surface area (Å²) >= 11 is 0. The Kier molecular flexibility index (Phi) is 6.24. The monoisotopic (exact) mass is 406 g/mol. The number of anilines is 1. The average Bonchev–Trinajstić information content (AvgIpc) is 2.93. The van der Waals surface area contributed by atoms with Gasteiger partial charge in [-0.05, 0) is 31.5 Å². The maximum absolute atomic E-state index is 11.6. The van der Waals surface area contributed by atoms with Gasteiger partial charge < -0.3 is 14.4 Å². The molecule has 0 amide bonds. The van der Waals surface area contributed by atoms with Crippen LogP contribution in [0.5, 0.6) is 5.75 Å². The maximum atomic E-state index is 11.6. The molecule has 0 unspecified atom stereocenters. The quantitative estimate of drug-likeness (QED) is 0.637. The van der Waals surface area contributed by atoms with Crippen molar-refractivity contribution in [3.8, 4) is 17.1 Å². The van der Waals surface area contributed by atoms with Gasteiger partial charge >= 0.3 is 0 Å². The Morgan fingerprint density at radius 3 is 2.39 bits per heavy atom. The van der Waals surface area contributed by atoms with Crippen LogP contribution in [0.1, 0.15) is 11.4 Å². The number of aryl methyl sites for hydroxylation is 2. The minimum absolute atomic E-state index is 0.250. The summed E-state index contributed by atoms with van der Waals surface area (Å²) in [7, 11) is 0.0316. The van der Waals surface area contributed by atoms with E-state index in [2.05, 4.69) is 9.71 Å². The molecule has 3 rings (SSSR count). The van der Waals surface area contributed by atoms with Crippen molar-refractivity contribution in [2.45, 2.75) is 13.8 Å². The Morgan fingerprint density at radius 2 is 1.89 bits per heavy atom. The van der Waals surface area contributed by atoms with Crippen molar-refractivity contribution in [2.75, 3.05) is 18.1 Å². The number of fused-ring (bicyclic) bond motifs is 1. The van der Waals surface area contributed by atoms with Crippen LogP contribution in [0.2, 0.25) is 0 Å². The highest BCUT2D eigenvalue weighted by Crippen LogP contribution is 2.33. The smallest absolute Gasteiger partial charge is 0.290 e. The first-order valence-electron chi connectivity index (χ1n) is 8.15. The summed E-state index contributed by atoms with van der Waals surface area (Å²) in [6.07, 6.45) is 2.90. The molecule has 2 heterocycles. The van der Waals surface area contributed by atoms with Crippen LogP contribution in [0.3, 0.4) is 0 Å². The third-order valence-corrected chi connectivity index (χ3v) is 4.71. The second-order valence-corrected chi connectivity index (χ2v) is 7.87. The van der Waals surface area contributed by atoms with Gasteiger partial charge in [0.1, 0.15) is 11.6 Å². The molecule has 3 aromatic rings. The van der Waals surface area contributed by atoms with Gasteiger partial charge in [0, 0.05) is 18.5 Å². The summed E-state index contributed by atoms with van der Waals surface area (Å²) in [4.78, 5) is 17.4. The van der Waals surface area contributed by atoms with E-state index in [9.17, 15) is 8.42 Å². The van der Waals surface area contributed by atoms with Crippen LogP contribution in [0.4, 0.5) is 5.69 Å². The number of aromatic nitrogens is 3. The molecule has 1 aromatic carbocycles. The van der Waals surface area contributed by atoms with E-state index in [1.807, 2.05) is 31.5 Å². The normalized spacial score (nSPS) is 10.9. The van der Waals surface area contributed by atoms with E-state index in [1.165, 1.54) is 7.11 Å². The molecule has 0 saturated carbocycles. The molecule has 0 aliphatic rings. The lowest BCUT2D eigenvalue weighted by Crippen LogP contribution is -2.10. The minimum Gasteiger partial charge on any atom is -0.494 e. The second-order valence-electron chi connectivity index (χ2n) is 6.12. The minimum atomic E-state index is -3.41. The summed E-state index contributed by atoms with van der Waals surface area (Å²) in [6.45, 7) is 3.65. The highest BCUT2D eigenvalue weighted by molar-refractivity contribution is 7.92. The maximum Gasteiger partial charge on any atom is 0.290 e. The van der Waals surface area contributed by atoms with Crippen LogP contribution >= 0.6 is 0 Å². The average molecular weight is 406 g/mol. The van der Waals surface area contributed by atoms with E-state index in [0.717, 1.165) is 39.9 Å². The number of hydrogen-bond donors (Lipinski definition) is 2. The summed E-state index contributed by atoms with van der Waals surface area (Å²) in [5.74, 6) is 1.32. The SMILES string of the molecule is COc1cc2nc(-c3cnc(C)n3C)cc(C)c2cc1NS(C)(=O)=O.O=CO. The Hall–Kier alpha value is -3.14. The Morgan fingerprint density at radius 1 is 1.25 bits per heavy atom. The number of benzene rings is 1. The number of nitrogens with one attached hydrogen (secondary N) is 1. The largest absolute Gasteiger partial charge is 0.494 e. The Bertz CT molecular complexity index is 1120. The standard InChI is InChI=1S/C17H20N4O3S.CH2O2/c1-10-6-14(16-9-18-11(2)21(16)3)19-13-8-17(24-4)15(7-12(10)13)20-25(5,22)23;2-1-3/h6-9,20H,1-5H3;1H,(H,2,3). The fourth-order valence-corrected chi connectivity index (χ4v) is 3.30. The highest BCUT2D eigenvalue weighted by atomic mass is 32.2. The van der Waals surface area contributed by atoms with Gasteiger partial charge in [0.2, 0.25) is 10.0 Å². The number of nitrogens with zero attached hydrogens (tertiary/aromatic N) is 3. The van der Waals surface area contributed by atoms with E-state index in [-0.39, 0.29) is 6.47 Å². The molecule has 9 nitrogen and oxygen atoms in total. The zero-order valence-corrected chi connectivity index (χ0v) is 17.0. The lowest BCUT2D eigenvalue weighted by atomic mass is 10.1. The number of carbonyl (C=O) groups is 1. The molecule has 28 heavy (non-hydrogen) atoms. The van der Waals surface area contributed by atoms with Crippen LogP contribution < -0.4 is 9.46 Å². The predicted octanol–water partition coefficient (Wildman–Crippen LogP) is 2.33. The van der Waals surface area contributed by atoms with Crippen molar-refractivity contribution in [3.63, 3.8) is 0 Å². The number of pyridine rings is 1. The number of methoxy groups -OCH3 is 1. The molecular formula is C18H22N4O5S. The fraction of sp³-hybridized carbons (Fsp3) is 0.278. The summed E-state index contributed by atoms with van der Waals surface area (Å²) in [5, 5.41) is 7.74. The number of hydrogen-bond acceptors (Lipinski definition) is 6. The molecule has 150 valence electrons. The molecule has 0 spiro atoms. The number of sulfonamides is 1. The molecule has 2 N–H and O–H groups in total. The lowest BCUT2D eigenvalue weighted by Gasteiger charge is -2.13. The van der Waals surface area contributed by atoms with Gasteiger partial charge in [-0.1, -0.05) is 0 Å². The molecule has 10 heteroatoms. The molecule has 0 atom stereocenters. The van der Waals surface area contributed by atoms with Crippen LogP contribution in [-0.2, 0) is 21.9 Å². The highest BCUT2D eigenvalue weighted by Gasteiger charge is 2.14. The lowest BCUT2D eigenvalue weighted by molar-refractivity contribution is -0.122. The van der Waals surface area contributed by atoms with Crippen molar-refractivity contribution >= 4 is 33.1 Å². The van der Waals surface area contributed by atoms with Crippen LogP contribution in [0.25, 0.3) is 22.3 Å². The first kappa shape index (κ1) is 21.2. The molecule has 0 bridgehead atoms. The molecular weight excluding hydrogens is 384 g/mol. The topological polar surface area (TPSA) is 123 Å². The van der Waals surface area contributed by atoms with E-state index in [1.54, 1.807) is 18.3 Å². The van der Waals surface area contributed by atoms with Gasteiger partial charge in [-0.3, -0.25) is 9.52 Å². The molecule has 0 fully saturated rings. The molecule has 0 radical (unpaired) electrons. The molecule has 0 aliphatic heterocycles. The van der Waals surface area contributed by atoms with Crippen molar-refractivity contribution in [2.24, 2.45) is 7.05 Å². The van der Waals surface area contributed by atoms with Gasteiger partial charge in [0.15, 0.2) is 0 Å². The number of carboxylic acid groups (broad SMARTS) is 1. The van der Waals surface area contributed by atoms with Crippen molar-refractivity contribution in [1.82, 2.24) is 14.5 Å². The van der Waals surface area contributed by atoms with Crippen LogP contribution in [0.15, 0.2) is 24.4 Å². The summed E-state index contributed by atoms with van der Waals surface area (Å²) in [6, 6.07) is 5.45. The molecule has 2 aromatic heterocycles. The molecule has 0 aliphatic carbocycles. The third kappa shape index (κ3) is 4.58. The van der Waals surface area contributed by atoms with Gasteiger partial charge in [-0.25, -0.2) is 18.4 Å². The Balaban J connectivity index is 0.000000878. The first-order valence-corrected chi connectivity index (χ1v) is 10.0. The van der Waals surface area contributed by atoms with Crippen LogP contribution in [0, 0.1) is 13.8 Å². The number of imidazole rings is 1. The van der Waals surface area contributed by atoms with Crippen molar-refractivity contribution in [1.29, 1.82) is 0 Å². The van der Waals surface area contributed by atoms with Gasteiger partial charge in [0.25, 0.3) is 6.47 Å². The predicted molar refractivity (Wildman–Crippen MR) is 107 cm³/mol. The zero-order chi connectivity index (χ0) is 21.1. The van der Waals surface area contributed by atoms with E-state index in [0.29, 0.717) is 11.4 Å². The Labute approximate surface area is 163 Å². The van der Waals surface area contributed by atoms with Gasteiger partial charge in [-0.15, -0.1) is 0 Å². The van der Waals surface area contributed by atoms with Crippen molar-refractivity contribution < 1.29 is 23.1 Å². The van der Waals surface area contributed by atoms with E-state index in [4.69, 9.17) is 19.6 Å². The van der Waals surface area contributed by atoms with Crippen LogP contribution in [-0.4, -0.2) is 47.9 Å². The summed E-state index contributed by atoms with van der Waals surface area (Å²) < 4.78 is 32.9. The van der Waals surface area contributed by atoms with Gasteiger partial charge in [-0.2, -0.15) is 0 Å². The van der Waals surface area contributed by atoms with E-state index < -0.39 is 10.0 Å². The molecule has 0 saturated heterocycles. The third-order valence-electron chi connectivity index (χ3n) is 4.11. The fourth-order valence-electron chi connectivity index (χ4n) is 2.74. The second kappa shape index (κ2) is 8.26. The van der Waals surface area contributed by atoms with Crippen molar-refractivity contribution in [3.05, 3.63) is 35.8 Å².